The standard InChI is InChI=1S/C15H21ClN2O3/c1-18(15(19)14-11-17-7-10-21-14)8-2-9-20-13-5-3-12(16)4-6-13/h3-6,14,17H,2,7-11H2,1H3. The molecule has 0 aromatic heterocycles. The Labute approximate surface area is 130 Å². The van der Waals surface area contributed by atoms with Crippen LogP contribution in [0.3, 0.4) is 0 Å². The number of likely N-dealkylation sites (N-methyl/N-ethyl adjacent to an activating group) is 1. The van der Waals surface area contributed by atoms with E-state index in [1.807, 2.05) is 12.1 Å². The van der Waals surface area contributed by atoms with Crippen molar-refractivity contribution in [3.63, 3.8) is 0 Å². The summed E-state index contributed by atoms with van der Waals surface area (Å²) < 4.78 is 11.0. The van der Waals surface area contributed by atoms with E-state index < -0.39 is 0 Å². The number of hydrogen-bond acceptors (Lipinski definition) is 4. The molecule has 5 nitrogen and oxygen atoms in total. The summed E-state index contributed by atoms with van der Waals surface area (Å²) >= 11 is 5.81. The van der Waals surface area contributed by atoms with Crippen LogP contribution in [-0.4, -0.2) is 56.8 Å². The highest BCUT2D eigenvalue weighted by atomic mass is 35.5. The van der Waals surface area contributed by atoms with Crippen LogP contribution in [0.1, 0.15) is 6.42 Å². The largest absolute Gasteiger partial charge is 0.494 e. The normalized spacial score (nSPS) is 18.3. The maximum atomic E-state index is 12.1. The minimum Gasteiger partial charge on any atom is -0.494 e. The van der Waals surface area contributed by atoms with E-state index in [1.165, 1.54) is 0 Å². The Kier molecular flexibility index (Phi) is 6.29. The van der Waals surface area contributed by atoms with Crippen LogP contribution in [0.15, 0.2) is 24.3 Å². The molecule has 2 rings (SSSR count). The van der Waals surface area contributed by atoms with Gasteiger partial charge in [-0.05, 0) is 30.7 Å². The van der Waals surface area contributed by atoms with Gasteiger partial charge in [0, 0.05) is 31.7 Å². The molecule has 1 amide bonds. The number of benzene rings is 1. The number of carbonyl (C=O) groups excluding carboxylic acids is 1. The average molecular weight is 313 g/mol. The first-order valence-corrected chi connectivity index (χ1v) is 7.50. The summed E-state index contributed by atoms with van der Waals surface area (Å²) in [6.07, 6.45) is 0.409. The first kappa shape index (κ1) is 16.1. The van der Waals surface area contributed by atoms with Crippen molar-refractivity contribution in [3.05, 3.63) is 29.3 Å². The predicted octanol–water partition coefficient (Wildman–Crippen LogP) is 1.56. The molecule has 1 atom stereocenters. The highest BCUT2D eigenvalue weighted by Gasteiger charge is 2.24. The van der Waals surface area contributed by atoms with E-state index in [-0.39, 0.29) is 12.0 Å². The van der Waals surface area contributed by atoms with E-state index in [0.29, 0.717) is 31.3 Å². The number of halogens is 1. The third-order valence-electron chi connectivity index (χ3n) is 3.30. The molecular weight excluding hydrogens is 292 g/mol. The molecule has 1 N–H and O–H groups in total. The molecule has 6 heteroatoms. The zero-order chi connectivity index (χ0) is 15.1. The van der Waals surface area contributed by atoms with Crippen LogP contribution in [0.2, 0.25) is 5.02 Å². The molecule has 0 bridgehead atoms. The van der Waals surface area contributed by atoms with Crippen LogP contribution in [-0.2, 0) is 9.53 Å². The molecule has 1 aromatic rings. The maximum absolute atomic E-state index is 12.1. The van der Waals surface area contributed by atoms with Crippen molar-refractivity contribution in [1.82, 2.24) is 10.2 Å². The van der Waals surface area contributed by atoms with Gasteiger partial charge in [-0.1, -0.05) is 11.6 Å². The zero-order valence-corrected chi connectivity index (χ0v) is 12.9. The Hall–Kier alpha value is -1.30. The van der Waals surface area contributed by atoms with E-state index in [4.69, 9.17) is 21.1 Å². The van der Waals surface area contributed by atoms with E-state index in [2.05, 4.69) is 5.32 Å². The van der Waals surface area contributed by atoms with Crippen LogP contribution >= 0.6 is 11.6 Å². The monoisotopic (exact) mass is 312 g/mol. The number of carbonyl (C=O) groups is 1. The predicted molar refractivity (Wildman–Crippen MR) is 81.8 cm³/mol. The number of amides is 1. The first-order chi connectivity index (χ1) is 10.2. The second-order valence-electron chi connectivity index (χ2n) is 4.98. The van der Waals surface area contributed by atoms with Crippen molar-refractivity contribution in [3.8, 4) is 5.75 Å². The molecule has 116 valence electrons. The smallest absolute Gasteiger partial charge is 0.252 e. The van der Waals surface area contributed by atoms with Gasteiger partial charge in [-0.25, -0.2) is 0 Å². The van der Waals surface area contributed by atoms with Crippen molar-refractivity contribution >= 4 is 17.5 Å². The summed E-state index contributed by atoms with van der Waals surface area (Å²) in [7, 11) is 1.79. The SMILES string of the molecule is CN(CCCOc1ccc(Cl)cc1)C(=O)C1CNCCO1. The van der Waals surface area contributed by atoms with Crippen LogP contribution in [0.4, 0.5) is 0 Å². The minimum absolute atomic E-state index is 0.0219. The quantitative estimate of drug-likeness (QED) is 0.810. The Balaban J connectivity index is 1.65. The van der Waals surface area contributed by atoms with Gasteiger partial charge in [0.1, 0.15) is 11.9 Å². The Bertz CT molecular complexity index is 447. The molecule has 1 saturated heterocycles. The third kappa shape index (κ3) is 5.19. The Morgan fingerprint density at radius 1 is 1.48 bits per heavy atom. The molecule has 0 aliphatic carbocycles. The van der Waals surface area contributed by atoms with Crippen molar-refractivity contribution in [2.24, 2.45) is 0 Å². The lowest BCUT2D eigenvalue weighted by atomic mass is 10.2. The number of nitrogens with one attached hydrogen (secondary N) is 1. The van der Waals surface area contributed by atoms with E-state index >= 15 is 0 Å². The van der Waals surface area contributed by atoms with Gasteiger partial charge >= 0.3 is 0 Å². The van der Waals surface area contributed by atoms with Crippen molar-refractivity contribution < 1.29 is 14.3 Å². The average Bonchev–Trinajstić information content (AvgIpc) is 2.53. The van der Waals surface area contributed by atoms with Crippen LogP contribution in [0, 0.1) is 0 Å². The maximum Gasteiger partial charge on any atom is 0.252 e. The zero-order valence-electron chi connectivity index (χ0n) is 12.2. The lowest BCUT2D eigenvalue weighted by Crippen LogP contribution is -2.48. The summed E-state index contributed by atoms with van der Waals surface area (Å²) in [4.78, 5) is 13.8. The molecule has 0 spiro atoms. The molecule has 1 unspecified atom stereocenters. The molecule has 1 aliphatic rings. The molecular formula is C15H21ClN2O3. The Morgan fingerprint density at radius 3 is 2.90 bits per heavy atom. The fourth-order valence-corrected chi connectivity index (χ4v) is 2.23. The highest BCUT2D eigenvalue weighted by molar-refractivity contribution is 6.30. The van der Waals surface area contributed by atoms with E-state index in [9.17, 15) is 4.79 Å². The second kappa shape index (κ2) is 8.22. The van der Waals surface area contributed by atoms with Crippen LogP contribution in [0.5, 0.6) is 5.75 Å². The lowest BCUT2D eigenvalue weighted by Gasteiger charge is -2.27. The summed E-state index contributed by atoms with van der Waals surface area (Å²) in [5.41, 5.74) is 0. The molecule has 1 aromatic carbocycles. The topological polar surface area (TPSA) is 50.8 Å². The van der Waals surface area contributed by atoms with Gasteiger partial charge in [0.25, 0.3) is 5.91 Å². The first-order valence-electron chi connectivity index (χ1n) is 7.12. The third-order valence-corrected chi connectivity index (χ3v) is 3.55. The minimum atomic E-state index is -0.360. The number of nitrogens with zero attached hydrogens (tertiary/aromatic N) is 1. The fraction of sp³-hybridized carbons (Fsp3) is 0.533. The molecule has 0 radical (unpaired) electrons. The van der Waals surface area contributed by atoms with Crippen molar-refractivity contribution in [1.29, 1.82) is 0 Å². The molecule has 21 heavy (non-hydrogen) atoms. The van der Waals surface area contributed by atoms with Gasteiger partial charge in [-0.15, -0.1) is 0 Å². The van der Waals surface area contributed by atoms with Crippen molar-refractivity contribution in [2.75, 3.05) is 39.9 Å². The molecule has 0 saturated carbocycles. The lowest BCUT2D eigenvalue weighted by molar-refractivity contribution is -0.143. The van der Waals surface area contributed by atoms with Crippen LogP contribution in [0.25, 0.3) is 0 Å². The number of morpholine rings is 1. The molecule has 1 fully saturated rings. The molecule has 1 aliphatic heterocycles. The number of rotatable bonds is 6. The van der Waals surface area contributed by atoms with Gasteiger partial charge in [-0.2, -0.15) is 0 Å². The second-order valence-corrected chi connectivity index (χ2v) is 5.42. The van der Waals surface area contributed by atoms with Gasteiger partial charge in [0.15, 0.2) is 0 Å². The summed E-state index contributed by atoms with van der Waals surface area (Å²) in [5.74, 6) is 0.807. The number of hydrogen-bond donors (Lipinski definition) is 1. The highest BCUT2D eigenvalue weighted by Crippen LogP contribution is 2.15. The summed E-state index contributed by atoms with van der Waals surface area (Å²) in [6, 6.07) is 7.25. The van der Waals surface area contributed by atoms with Gasteiger partial charge < -0.3 is 19.7 Å². The van der Waals surface area contributed by atoms with Gasteiger partial charge in [0.2, 0.25) is 0 Å². The van der Waals surface area contributed by atoms with Crippen LogP contribution < -0.4 is 10.1 Å². The van der Waals surface area contributed by atoms with Crippen molar-refractivity contribution in [2.45, 2.75) is 12.5 Å². The fourth-order valence-electron chi connectivity index (χ4n) is 2.10. The van der Waals surface area contributed by atoms with E-state index in [1.54, 1.807) is 24.1 Å². The summed E-state index contributed by atoms with van der Waals surface area (Å²) in [5, 5.41) is 3.84. The van der Waals surface area contributed by atoms with Gasteiger partial charge in [0.05, 0.1) is 13.2 Å². The van der Waals surface area contributed by atoms with E-state index in [0.717, 1.165) is 18.7 Å². The summed E-state index contributed by atoms with van der Waals surface area (Å²) in [6.45, 7) is 3.19. The Morgan fingerprint density at radius 2 is 2.24 bits per heavy atom. The molecule has 1 heterocycles. The number of ether oxygens (including phenoxy) is 2. The van der Waals surface area contributed by atoms with Gasteiger partial charge in [-0.3, -0.25) is 4.79 Å².